The first-order valence-electron chi connectivity index (χ1n) is 11.6. The Morgan fingerprint density at radius 1 is 0.886 bits per heavy atom. The number of thioether (sulfide) groups is 1. The quantitative estimate of drug-likeness (QED) is 0.241. The van der Waals surface area contributed by atoms with Gasteiger partial charge in [-0.15, -0.1) is 23.1 Å². The third-order valence-electron chi connectivity index (χ3n) is 5.88. The first-order chi connectivity index (χ1) is 16.8. The van der Waals surface area contributed by atoms with Gasteiger partial charge in [0.15, 0.2) is 5.13 Å². The molecule has 0 aliphatic heterocycles. The van der Waals surface area contributed by atoms with Crippen LogP contribution in [0.1, 0.15) is 43.2 Å². The van der Waals surface area contributed by atoms with Crippen LogP contribution < -0.4 is 5.32 Å². The molecule has 0 fully saturated rings. The van der Waals surface area contributed by atoms with E-state index in [0.717, 1.165) is 22.4 Å². The van der Waals surface area contributed by atoms with E-state index in [1.54, 1.807) is 11.8 Å². The maximum Gasteiger partial charge on any atom is 0.327 e. The third-order valence-corrected chi connectivity index (χ3v) is 8.29. The van der Waals surface area contributed by atoms with Crippen molar-refractivity contribution in [3.63, 3.8) is 0 Å². The minimum atomic E-state index is -0.895. The van der Waals surface area contributed by atoms with E-state index < -0.39 is 16.8 Å². The molecule has 0 bridgehead atoms. The molecule has 180 valence electrons. The Balaban J connectivity index is 1.73. The minimum absolute atomic E-state index is 0.0903. The second-order valence-electron chi connectivity index (χ2n) is 9.41. The fourth-order valence-corrected chi connectivity index (χ4v) is 6.53. The molecule has 0 saturated carbocycles. The van der Waals surface area contributed by atoms with Crippen molar-refractivity contribution in [2.24, 2.45) is 0 Å². The van der Waals surface area contributed by atoms with Gasteiger partial charge in [-0.1, -0.05) is 112 Å². The van der Waals surface area contributed by atoms with Crippen molar-refractivity contribution in [3.05, 3.63) is 119 Å². The molecular formula is C29H30N2O2S2. The number of nitrogens with zero attached hydrogens (tertiary/aromatic N) is 1. The average molecular weight is 503 g/mol. The zero-order valence-electron chi connectivity index (χ0n) is 20.1. The molecule has 1 aromatic heterocycles. The van der Waals surface area contributed by atoms with Crippen LogP contribution in [0.5, 0.6) is 0 Å². The number of carboxylic acid groups (broad SMARTS) is 1. The van der Waals surface area contributed by atoms with Crippen LogP contribution >= 0.6 is 23.1 Å². The van der Waals surface area contributed by atoms with E-state index in [4.69, 9.17) is 0 Å². The van der Waals surface area contributed by atoms with Crippen molar-refractivity contribution < 1.29 is 9.90 Å². The number of carboxylic acids is 1. The van der Waals surface area contributed by atoms with Gasteiger partial charge >= 0.3 is 5.97 Å². The van der Waals surface area contributed by atoms with Crippen LogP contribution in [0.3, 0.4) is 0 Å². The van der Waals surface area contributed by atoms with Gasteiger partial charge in [-0.3, -0.25) is 0 Å². The molecule has 4 nitrogen and oxygen atoms in total. The van der Waals surface area contributed by atoms with Crippen molar-refractivity contribution in [2.75, 3.05) is 11.1 Å². The van der Waals surface area contributed by atoms with E-state index in [0.29, 0.717) is 10.9 Å². The summed E-state index contributed by atoms with van der Waals surface area (Å²) in [6.45, 7) is 6.30. The number of hydrogen-bond acceptors (Lipinski definition) is 5. The Morgan fingerprint density at radius 2 is 1.34 bits per heavy atom. The normalized spacial score (nSPS) is 12.8. The van der Waals surface area contributed by atoms with Crippen LogP contribution in [0, 0.1) is 0 Å². The second-order valence-corrected chi connectivity index (χ2v) is 11.5. The summed E-state index contributed by atoms with van der Waals surface area (Å²) < 4.78 is -0.571. The zero-order valence-corrected chi connectivity index (χ0v) is 21.8. The summed E-state index contributed by atoms with van der Waals surface area (Å²) in [5, 5.41) is 15.9. The summed E-state index contributed by atoms with van der Waals surface area (Å²) in [4.78, 5) is 17.0. The Labute approximate surface area is 215 Å². The minimum Gasteiger partial charge on any atom is -0.480 e. The number of nitrogens with one attached hydrogen (secondary N) is 1. The first-order valence-corrected chi connectivity index (χ1v) is 13.4. The molecule has 1 atom stereocenters. The molecule has 0 spiro atoms. The fourth-order valence-electron chi connectivity index (χ4n) is 3.99. The monoisotopic (exact) mass is 502 g/mol. The highest BCUT2D eigenvalue weighted by molar-refractivity contribution is 8.00. The van der Waals surface area contributed by atoms with Gasteiger partial charge in [0.05, 0.1) is 10.4 Å². The number of rotatable bonds is 9. The number of aliphatic carboxylic acids is 1. The average Bonchev–Trinajstić information content (AvgIpc) is 3.35. The van der Waals surface area contributed by atoms with Gasteiger partial charge in [-0.25, -0.2) is 9.78 Å². The summed E-state index contributed by atoms with van der Waals surface area (Å²) in [6, 6.07) is 30.1. The molecule has 4 rings (SSSR count). The van der Waals surface area contributed by atoms with Crippen LogP contribution in [0.25, 0.3) is 0 Å². The highest BCUT2D eigenvalue weighted by Crippen LogP contribution is 2.48. The molecule has 4 aromatic rings. The standard InChI is InChI=1S/C29H30N2O2S2/c1-28(2,3)25-20-34-27(31-25)30-24(26(32)33)19-35-29(21-13-7-4-8-14-21,22-15-9-5-10-16-22)23-17-11-6-12-18-23/h4-18,20,24H,19H2,1-3H3,(H,30,31)(H,32,33). The second kappa shape index (κ2) is 10.7. The van der Waals surface area contributed by atoms with E-state index >= 15 is 0 Å². The number of carbonyl (C=O) groups is 1. The van der Waals surface area contributed by atoms with Crippen molar-refractivity contribution >= 4 is 34.2 Å². The summed E-state index contributed by atoms with van der Waals surface area (Å²) in [5.74, 6) is -0.550. The molecule has 0 radical (unpaired) electrons. The Hall–Kier alpha value is -3.09. The molecule has 0 aliphatic carbocycles. The maximum absolute atomic E-state index is 12.3. The van der Waals surface area contributed by atoms with E-state index in [1.165, 1.54) is 11.3 Å². The largest absolute Gasteiger partial charge is 0.480 e. The van der Waals surface area contributed by atoms with Gasteiger partial charge < -0.3 is 10.4 Å². The van der Waals surface area contributed by atoms with Gasteiger partial charge in [0.25, 0.3) is 0 Å². The molecule has 2 N–H and O–H groups in total. The molecule has 0 saturated heterocycles. The first kappa shape index (κ1) is 25.0. The molecule has 35 heavy (non-hydrogen) atoms. The lowest BCUT2D eigenvalue weighted by Crippen LogP contribution is -2.35. The van der Waals surface area contributed by atoms with Gasteiger partial charge in [0, 0.05) is 16.5 Å². The van der Waals surface area contributed by atoms with Crippen LogP contribution in [-0.4, -0.2) is 27.9 Å². The van der Waals surface area contributed by atoms with Crippen molar-refractivity contribution in [1.29, 1.82) is 0 Å². The smallest absolute Gasteiger partial charge is 0.327 e. The summed E-state index contributed by atoms with van der Waals surface area (Å²) in [5.41, 5.74) is 4.18. The van der Waals surface area contributed by atoms with Crippen molar-refractivity contribution in [3.8, 4) is 0 Å². The number of hydrogen-bond donors (Lipinski definition) is 2. The molecular weight excluding hydrogens is 472 g/mol. The number of aromatic nitrogens is 1. The summed E-state index contributed by atoms with van der Waals surface area (Å²) in [6.07, 6.45) is 0. The Bertz CT molecular complexity index is 1140. The lowest BCUT2D eigenvalue weighted by molar-refractivity contribution is -0.137. The zero-order chi connectivity index (χ0) is 24.9. The Kier molecular flexibility index (Phi) is 7.63. The number of thiazole rings is 1. The molecule has 1 heterocycles. The van der Waals surface area contributed by atoms with E-state index in [2.05, 4.69) is 67.5 Å². The summed E-state index contributed by atoms with van der Waals surface area (Å²) >= 11 is 3.08. The third kappa shape index (κ3) is 5.60. The van der Waals surface area contributed by atoms with Gasteiger partial charge in [0.1, 0.15) is 6.04 Å². The molecule has 6 heteroatoms. The van der Waals surface area contributed by atoms with E-state index in [9.17, 15) is 9.90 Å². The van der Waals surface area contributed by atoms with Crippen LogP contribution in [0.4, 0.5) is 5.13 Å². The van der Waals surface area contributed by atoms with Crippen LogP contribution in [-0.2, 0) is 15.0 Å². The number of benzene rings is 3. The predicted molar refractivity (Wildman–Crippen MR) is 148 cm³/mol. The van der Waals surface area contributed by atoms with Crippen LogP contribution in [0.15, 0.2) is 96.4 Å². The molecule has 0 aliphatic rings. The topological polar surface area (TPSA) is 62.2 Å². The van der Waals surface area contributed by atoms with Crippen molar-refractivity contribution in [2.45, 2.75) is 37.0 Å². The molecule has 0 amide bonds. The van der Waals surface area contributed by atoms with Gasteiger partial charge in [-0.05, 0) is 16.7 Å². The lowest BCUT2D eigenvalue weighted by atomic mass is 9.84. The highest BCUT2D eigenvalue weighted by atomic mass is 32.2. The van der Waals surface area contributed by atoms with Crippen molar-refractivity contribution in [1.82, 2.24) is 4.98 Å². The highest BCUT2D eigenvalue weighted by Gasteiger charge is 2.38. The van der Waals surface area contributed by atoms with E-state index in [1.807, 2.05) is 60.0 Å². The van der Waals surface area contributed by atoms with Crippen LogP contribution in [0.2, 0.25) is 0 Å². The summed E-state index contributed by atoms with van der Waals surface area (Å²) in [7, 11) is 0. The number of anilines is 1. The van der Waals surface area contributed by atoms with Gasteiger partial charge in [0.2, 0.25) is 0 Å². The van der Waals surface area contributed by atoms with Gasteiger partial charge in [-0.2, -0.15) is 0 Å². The maximum atomic E-state index is 12.3. The predicted octanol–water partition coefficient (Wildman–Crippen LogP) is 7.03. The molecule has 1 unspecified atom stereocenters. The Morgan fingerprint density at radius 3 is 1.71 bits per heavy atom. The van der Waals surface area contributed by atoms with E-state index in [-0.39, 0.29) is 5.41 Å². The fraction of sp³-hybridized carbons (Fsp3) is 0.241. The lowest BCUT2D eigenvalue weighted by Gasteiger charge is -2.36. The molecule has 3 aromatic carbocycles. The SMILES string of the molecule is CC(C)(C)c1csc(NC(CSC(c2ccccc2)(c2ccccc2)c2ccccc2)C(=O)O)n1.